The smallest absolute Gasteiger partial charge is 0.354 e. The van der Waals surface area contributed by atoms with Crippen molar-refractivity contribution in [2.24, 2.45) is 0 Å². The van der Waals surface area contributed by atoms with Crippen LogP contribution in [0.3, 0.4) is 0 Å². The Morgan fingerprint density at radius 1 is 1.19 bits per heavy atom. The van der Waals surface area contributed by atoms with Gasteiger partial charge in [0.25, 0.3) is 0 Å². The predicted molar refractivity (Wildman–Crippen MR) is 123 cm³/mol. The third-order valence-corrected chi connectivity index (χ3v) is 5.80. The van der Waals surface area contributed by atoms with E-state index in [4.69, 9.17) is 4.74 Å². The van der Waals surface area contributed by atoms with Crippen LogP contribution in [-0.2, 0) is 25.9 Å². The second-order valence-electron chi connectivity index (χ2n) is 8.11. The molecule has 168 valence electrons. The lowest BCUT2D eigenvalue weighted by molar-refractivity contribution is 0.0681. The number of unbranched alkanes of at least 4 members (excludes halogenated alkanes) is 1. The molecule has 2 heterocycles. The predicted octanol–water partition coefficient (Wildman–Crippen LogP) is 4.10. The summed E-state index contributed by atoms with van der Waals surface area (Å²) in [6.07, 6.45) is 8.06. The average molecular weight is 435 g/mol. The summed E-state index contributed by atoms with van der Waals surface area (Å²) in [5.74, 6) is -0.00568. The topological polar surface area (TPSA) is 89.3 Å². The Bertz CT molecular complexity index is 1060. The zero-order valence-corrected chi connectivity index (χ0v) is 18.5. The molecule has 1 aliphatic rings. The minimum Gasteiger partial charge on any atom is -0.494 e. The molecule has 0 amide bonds. The molecule has 0 radical (unpaired) electrons. The van der Waals surface area contributed by atoms with Crippen LogP contribution in [0.15, 0.2) is 42.7 Å². The number of hydrogen-bond donors (Lipinski definition) is 2. The maximum atomic E-state index is 12.0. The Morgan fingerprint density at radius 3 is 2.81 bits per heavy atom. The Hall–Kier alpha value is -3.19. The highest BCUT2D eigenvalue weighted by atomic mass is 16.5. The van der Waals surface area contributed by atoms with Gasteiger partial charge in [-0.1, -0.05) is 25.5 Å². The number of aromatic nitrogens is 3. The molecule has 0 unspecified atom stereocenters. The van der Waals surface area contributed by atoms with Gasteiger partial charge in [0, 0.05) is 36.6 Å². The fourth-order valence-electron chi connectivity index (χ4n) is 4.10. The van der Waals surface area contributed by atoms with Gasteiger partial charge >= 0.3 is 5.97 Å². The Labute approximate surface area is 188 Å². The number of ether oxygens (including phenoxy) is 1. The largest absolute Gasteiger partial charge is 0.494 e. The van der Waals surface area contributed by atoms with Crippen LogP contribution in [0.25, 0.3) is 11.3 Å². The van der Waals surface area contributed by atoms with Crippen molar-refractivity contribution in [3.8, 4) is 17.0 Å². The third-order valence-electron chi connectivity index (χ3n) is 5.80. The van der Waals surface area contributed by atoms with Crippen molar-refractivity contribution < 1.29 is 14.6 Å². The van der Waals surface area contributed by atoms with Crippen LogP contribution in [0, 0.1) is 0 Å². The van der Waals surface area contributed by atoms with Gasteiger partial charge in [-0.2, -0.15) is 5.10 Å². The van der Waals surface area contributed by atoms with Crippen molar-refractivity contribution in [2.45, 2.75) is 52.1 Å². The summed E-state index contributed by atoms with van der Waals surface area (Å²) in [5, 5.41) is 17.9. The van der Waals surface area contributed by atoms with E-state index in [1.807, 2.05) is 24.4 Å². The molecule has 0 fully saturated rings. The molecule has 2 N–H and O–H groups in total. The van der Waals surface area contributed by atoms with E-state index in [9.17, 15) is 9.90 Å². The summed E-state index contributed by atoms with van der Waals surface area (Å²) < 4.78 is 7.36. The van der Waals surface area contributed by atoms with Crippen LogP contribution >= 0.6 is 0 Å². The molecule has 1 aromatic carbocycles. The van der Waals surface area contributed by atoms with Gasteiger partial charge in [-0.15, -0.1) is 0 Å². The van der Waals surface area contributed by atoms with Crippen molar-refractivity contribution in [3.05, 3.63) is 65.1 Å². The van der Waals surface area contributed by atoms with E-state index < -0.39 is 5.97 Å². The first-order valence-corrected chi connectivity index (χ1v) is 11.4. The third kappa shape index (κ3) is 4.99. The summed E-state index contributed by atoms with van der Waals surface area (Å²) in [7, 11) is 0. The summed E-state index contributed by atoms with van der Waals surface area (Å²) in [6, 6.07) is 10.1. The van der Waals surface area contributed by atoms with Gasteiger partial charge in [0.2, 0.25) is 0 Å². The molecule has 7 nitrogen and oxygen atoms in total. The van der Waals surface area contributed by atoms with E-state index >= 15 is 0 Å². The molecule has 0 saturated carbocycles. The van der Waals surface area contributed by atoms with Crippen LogP contribution in [0.2, 0.25) is 0 Å². The molecule has 0 saturated heterocycles. The number of fused-ring (bicyclic) bond motifs is 3. The van der Waals surface area contributed by atoms with Crippen molar-refractivity contribution in [3.63, 3.8) is 0 Å². The highest BCUT2D eigenvalue weighted by Gasteiger charge is 2.27. The lowest BCUT2D eigenvalue weighted by Crippen LogP contribution is -2.18. The first-order valence-electron chi connectivity index (χ1n) is 11.4. The monoisotopic (exact) mass is 434 g/mol. The van der Waals surface area contributed by atoms with E-state index in [2.05, 4.69) is 34.5 Å². The number of carboxylic acids is 1. The second-order valence-corrected chi connectivity index (χ2v) is 8.11. The number of nitrogens with one attached hydrogen (secondary N) is 1. The highest BCUT2D eigenvalue weighted by Crippen LogP contribution is 2.34. The number of carboxylic acid groups (broad SMARTS) is 1. The number of carbonyl (C=O) groups is 1. The van der Waals surface area contributed by atoms with E-state index in [0.29, 0.717) is 18.7 Å². The SMILES string of the molecule is CCCCOc1ccc(CNCCCn2nc3c(c2C(=O)O)CCc2cnccc2-3)cc1. The van der Waals surface area contributed by atoms with Gasteiger partial charge in [-0.05, 0) is 61.6 Å². The molecule has 0 spiro atoms. The van der Waals surface area contributed by atoms with E-state index in [1.165, 1.54) is 5.56 Å². The number of aryl methyl sites for hydroxylation is 2. The lowest BCUT2D eigenvalue weighted by atomic mass is 9.90. The van der Waals surface area contributed by atoms with Crippen LogP contribution in [0.4, 0.5) is 0 Å². The van der Waals surface area contributed by atoms with E-state index in [-0.39, 0.29) is 0 Å². The standard InChI is InChI=1S/C25H30N4O3/c1-2-3-15-32-20-8-5-18(6-9-20)16-26-12-4-14-29-24(25(30)31)22-10-7-19-17-27-13-11-21(19)23(22)28-29/h5-6,8-9,11,13,17,26H,2-4,7,10,12,14-16H2,1H3,(H,30,31). The number of aromatic carboxylic acids is 1. The van der Waals surface area contributed by atoms with Crippen LogP contribution in [-0.4, -0.2) is 39.0 Å². The molecular formula is C25H30N4O3. The van der Waals surface area contributed by atoms with E-state index in [0.717, 1.165) is 73.5 Å². The summed E-state index contributed by atoms with van der Waals surface area (Å²) >= 11 is 0. The molecule has 7 heteroatoms. The van der Waals surface area contributed by atoms with Crippen LogP contribution in [0.5, 0.6) is 5.75 Å². The lowest BCUT2D eigenvalue weighted by Gasteiger charge is -2.14. The molecule has 0 atom stereocenters. The number of rotatable bonds is 11. The second kappa shape index (κ2) is 10.4. The van der Waals surface area contributed by atoms with Gasteiger partial charge in [0.15, 0.2) is 0 Å². The van der Waals surface area contributed by atoms with Gasteiger partial charge in [-0.25, -0.2) is 4.79 Å². The molecule has 0 bridgehead atoms. The Kier molecular flexibility index (Phi) is 7.17. The number of benzene rings is 1. The molecule has 4 rings (SSSR count). The number of pyridine rings is 1. The van der Waals surface area contributed by atoms with Gasteiger partial charge in [0.1, 0.15) is 11.4 Å². The van der Waals surface area contributed by atoms with Crippen molar-refractivity contribution >= 4 is 5.97 Å². The fourth-order valence-corrected chi connectivity index (χ4v) is 4.10. The molecule has 1 aliphatic carbocycles. The Balaban J connectivity index is 1.31. The average Bonchev–Trinajstić information content (AvgIpc) is 3.19. The van der Waals surface area contributed by atoms with E-state index in [1.54, 1.807) is 10.9 Å². The minimum atomic E-state index is -0.912. The maximum absolute atomic E-state index is 12.0. The molecule has 2 aromatic heterocycles. The first kappa shape index (κ1) is 22.0. The molecule has 0 aliphatic heterocycles. The minimum absolute atomic E-state index is 0.320. The first-order chi connectivity index (χ1) is 15.7. The van der Waals surface area contributed by atoms with Gasteiger partial charge < -0.3 is 15.2 Å². The summed E-state index contributed by atoms with van der Waals surface area (Å²) in [4.78, 5) is 16.1. The maximum Gasteiger partial charge on any atom is 0.354 e. The normalized spacial score (nSPS) is 12.3. The van der Waals surface area contributed by atoms with Crippen LogP contribution in [0.1, 0.15) is 53.4 Å². The van der Waals surface area contributed by atoms with Gasteiger partial charge in [-0.3, -0.25) is 9.67 Å². The summed E-state index contributed by atoms with van der Waals surface area (Å²) in [6.45, 7) is 5.01. The van der Waals surface area contributed by atoms with Crippen molar-refractivity contribution in [1.29, 1.82) is 0 Å². The molecule has 32 heavy (non-hydrogen) atoms. The Morgan fingerprint density at radius 2 is 2.03 bits per heavy atom. The number of nitrogens with zero attached hydrogens (tertiary/aromatic N) is 3. The van der Waals surface area contributed by atoms with Crippen LogP contribution < -0.4 is 10.1 Å². The zero-order chi connectivity index (χ0) is 22.3. The number of hydrogen-bond acceptors (Lipinski definition) is 5. The highest BCUT2D eigenvalue weighted by molar-refractivity contribution is 5.90. The zero-order valence-electron chi connectivity index (χ0n) is 18.5. The van der Waals surface area contributed by atoms with Crippen molar-refractivity contribution in [1.82, 2.24) is 20.1 Å². The molecular weight excluding hydrogens is 404 g/mol. The van der Waals surface area contributed by atoms with Crippen molar-refractivity contribution in [2.75, 3.05) is 13.2 Å². The molecule has 3 aromatic rings. The quantitative estimate of drug-likeness (QED) is 0.442. The van der Waals surface area contributed by atoms with Gasteiger partial charge in [0.05, 0.1) is 12.3 Å². The fraction of sp³-hybridized carbons (Fsp3) is 0.400. The summed E-state index contributed by atoms with van der Waals surface area (Å²) in [5.41, 5.74) is 5.28.